The molecule has 0 saturated carbocycles. The fourth-order valence-corrected chi connectivity index (χ4v) is 3.78. The summed E-state index contributed by atoms with van der Waals surface area (Å²) in [5, 5.41) is 8.90. The van der Waals surface area contributed by atoms with Crippen LogP contribution in [0.4, 0.5) is 11.4 Å². The van der Waals surface area contributed by atoms with Crippen LogP contribution in [-0.4, -0.2) is 19.0 Å². The fraction of sp³-hybridized carbons (Fsp3) is 0.409. The highest BCUT2D eigenvalue weighted by Gasteiger charge is 2.24. The highest BCUT2D eigenvalue weighted by molar-refractivity contribution is 6.05. The SMILES string of the molecule is CCc1cccc(N(C(=N)N(C)c2cccc3c2CCC3)C(C)C)c1. The average molecular weight is 335 g/mol. The normalized spacial score (nSPS) is 13.0. The Morgan fingerprint density at radius 1 is 1.12 bits per heavy atom. The number of benzene rings is 2. The largest absolute Gasteiger partial charge is 0.315 e. The average Bonchev–Trinajstić information content (AvgIpc) is 3.09. The molecule has 25 heavy (non-hydrogen) atoms. The minimum absolute atomic E-state index is 0.221. The van der Waals surface area contributed by atoms with E-state index in [1.165, 1.54) is 28.8 Å². The lowest BCUT2D eigenvalue weighted by molar-refractivity contribution is 0.792. The Balaban J connectivity index is 1.94. The first-order chi connectivity index (χ1) is 12.0. The third kappa shape index (κ3) is 3.41. The molecule has 0 fully saturated rings. The molecule has 1 N–H and O–H groups in total. The molecule has 1 aliphatic rings. The summed E-state index contributed by atoms with van der Waals surface area (Å²) in [4.78, 5) is 4.16. The summed E-state index contributed by atoms with van der Waals surface area (Å²) in [5.74, 6) is 0.531. The third-order valence-electron chi connectivity index (χ3n) is 5.14. The zero-order valence-corrected chi connectivity index (χ0v) is 15.8. The Labute approximate surface area is 151 Å². The number of nitrogens with one attached hydrogen (secondary N) is 1. The highest BCUT2D eigenvalue weighted by atomic mass is 15.4. The van der Waals surface area contributed by atoms with Crippen LogP contribution in [0.1, 0.15) is 43.9 Å². The van der Waals surface area contributed by atoms with Crippen LogP contribution in [0, 0.1) is 5.41 Å². The number of hydrogen-bond donors (Lipinski definition) is 1. The molecule has 3 heteroatoms. The van der Waals surface area contributed by atoms with Gasteiger partial charge in [-0.3, -0.25) is 5.41 Å². The molecule has 0 aliphatic heterocycles. The minimum Gasteiger partial charge on any atom is -0.315 e. The van der Waals surface area contributed by atoms with Crippen molar-refractivity contribution in [2.24, 2.45) is 0 Å². The van der Waals surface area contributed by atoms with Crippen molar-refractivity contribution < 1.29 is 0 Å². The Bertz CT molecular complexity index is 764. The predicted octanol–water partition coefficient (Wildman–Crippen LogP) is 5.02. The molecule has 1 aliphatic carbocycles. The van der Waals surface area contributed by atoms with Crippen LogP contribution >= 0.6 is 0 Å². The van der Waals surface area contributed by atoms with Gasteiger partial charge in [0.05, 0.1) is 0 Å². The molecule has 0 aromatic heterocycles. The summed E-state index contributed by atoms with van der Waals surface area (Å²) in [6, 6.07) is 15.3. The van der Waals surface area contributed by atoms with Crippen molar-refractivity contribution in [1.29, 1.82) is 5.41 Å². The molecule has 0 radical (unpaired) electrons. The van der Waals surface area contributed by atoms with Crippen molar-refractivity contribution in [1.82, 2.24) is 0 Å². The summed E-state index contributed by atoms with van der Waals surface area (Å²) >= 11 is 0. The highest BCUT2D eigenvalue weighted by Crippen LogP contribution is 2.32. The van der Waals surface area contributed by atoms with E-state index in [9.17, 15) is 0 Å². The second kappa shape index (κ2) is 7.30. The quantitative estimate of drug-likeness (QED) is 0.628. The van der Waals surface area contributed by atoms with Crippen molar-refractivity contribution in [3.63, 3.8) is 0 Å². The summed E-state index contributed by atoms with van der Waals surface area (Å²) in [6.07, 6.45) is 4.52. The van der Waals surface area contributed by atoms with Gasteiger partial charge in [-0.15, -0.1) is 0 Å². The van der Waals surface area contributed by atoms with E-state index in [-0.39, 0.29) is 6.04 Å². The van der Waals surface area contributed by atoms with Gasteiger partial charge in [0, 0.05) is 24.5 Å². The van der Waals surface area contributed by atoms with Gasteiger partial charge >= 0.3 is 0 Å². The Morgan fingerprint density at radius 2 is 1.88 bits per heavy atom. The number of anilines is 2. The maximum absolute atomic E-state index is 8.90. The Morgan fingerprint density at radius 3 is 2.60 bits per heavy atom. The number of rotatable bonds is 4. The van der Waals surface area contributed by atoms with Crippen LogP contribution in [0.25, 0.3) is 0 Å². The predicted molar refractivity (Wildman–Crippen MR) is 108 cm³/mol. The van der Waals surface area contributed by atoms with E-state index in [4.69, 9.17) is 5.41 Å². The third-order valence-corrected chi connectivity index (χ3v) is 5.14. The van der Waals surface area contributed by atoms with Crippen LogP contribution in [0.5, 0.6) is 0 Å². The molecule has 3 rings (SSSR count). The van der Waals surface area contributed by atoms with Crippen molar-refractivity contribution in [3.8, 4) is 0 Å². The molecule has 2 aromatic rings. The van der Waals surface area contributed by atoms with Gasteiger partial charge in [-0.1, -0.05) is 31.2 Å². The molecular formula is C22H29N3. The molecule has 132 valence electrons. The van der Waals surface area contributed by atoms with Gasteiger partial charge in [0.25, 0.3) is 0 Å². The topological polar surface area (TPSA) is 30.3 Å². The number of fused-ring (bicyclic) bond motifs is 1. The lowest BCUT2D eigenvalue weighted by Gasteiger charge is -2.35. The molecule has 3 nitrogen and oxygen atoms in total. The van der Waals surface area contributed by atoms with Crippen LogP contribution in [0.3, 0.4) is 0 Å². The van der Waals surface area contributed by atoms with E-state index in [0.717, 1.165) is 24.9 Å². The maximum atomic E-state index is 8.90. The summed E-state index contributed by atoms with van der Waals surface area (Å²) in [5.41, 5.74) is 6.44. The second-order valence-corrected chi connectivity index (χ2v) is 7.14. The van der Waals surface area contributed by atoms with Gasteiger partial charge < -0.3 is 9.80 Å². The van der Waals surface area contributed by atoms with Crippen molar-refractivity contribution in [3.05, 3.63) is 59.2 Å². The number of aryl methyl sites for hydroxylation is 2. The smallest absolute Gasteiger partial charge is 0.202 e. The number of guanidine groups is 1. The van der Waals surface area contributed by atoms with E-state index in [1.807, 2.05) is 11.9 Å². The van der Waals surface area contributed by atoms with Crippen LogP contribution in [0.15, 0.2) is 42.5 Å². The van der Waals surface area contributed by atoms with Crippen LogP contribution in [-0.2, 0) is 19.3 Å². The summed E-state index contributed by atoms with van der Waals surface area (Å²) in [7, 11) is 2.02. The van der Waals surface area contributed by atoms with Gasteiger partial charge in [-0.25, -0.2) is 0 Å². The first kappa shape index (κ1) is 17.5. The molecule has 0 unspecified atom stereocenters. The molecule has 0 bridgehead atoms. The van der Waals surface area contributed by atoms with Crippen molar-refractivity contribution in [2.75, 3.05) is 16.8 Å². The van der Waals surface area contributed by atoms with Gasteiger partial charge in [0.2, 0.25) is 5.96 Å². The zero-order valence-electron chi connectivity index (χ0n) is 15.8. The lowest BCUT2D eigenvalue weighted by Crippen LogP contribution is -2.46. The van der Waals surface area contributed by atoms with E-state index in [1.54, 1.807) is 0 Å². The fourth-order valence-electron chi connectivity index (χ4n) is 3.78. The van der Waals surface area contributed by atoms with Crippen LogP contribution in [0.2, 0.25) is 0 Å². The van der Waals surface area contributed by atoms with Gasteiger partial charge in [-0.05, 0) is 74.4 Å². The molecule has 0 saturated heterocycles. The second-order valence-electron chi connectivity index (χ2n) is 7.14. The number of hydrogen-bond acceptors (Lipinski definition) is 1. The summed E-state index contributed by atoms with van der Waals surface area (Å²) in [6.45, 7) is 6.47. The summed E-state index contributed by atoms with van der Waals surface area (Å²) < 4.78 is 0. The van der Waals surface area contributed by atoms with Crippen molar-refractivity contribution >= 4 is 17.3 Å². The molecule has 0 atom stereocenters. The minimum atomic E-state index is 0.221. The van der Waals surface area contributed by atoms with E-state index >= 15 is 0 Å². The first-order valence-corrected chi connectivity index (χ1v) is 9.34. The molecule has 0 heterocycles. The van der Waals surface area contributed by atoms with Crippen LogP contribution < -0.4 is 9.80 Å². The maximum Gasteiger partial charge on any atom is 0.202 e. The first-order valence-electron chi connectivity index (χ1n) is 9.34. The lowest BCUT2D eigenvalue weighted by atomic mass is 10.1. The molecule has 0 amide bonds. The van der Waals surface area contributed by atoms with Crippen molar-refractivity contribution in [2.45, 2.75) is 52.5 Å². The zero-order chi connectivity index (χ0) is 18.0. The molecular weight excluding hydrogens is 306 g/mol. The molecule has 2 aromatic carbocycles. The van der Waals surface area contributed by atoms with E-state index in [2.05, 4.69) is 68.1 Å². The standard InChI is InChI=1S/C22H29N3/c1-5-17-9-6-12-19(15-17)25(16(2)3)22(23)24(4)21-14-8-11-18-10-7-13-20(18)21/h6,8-9,11-12,14-16,23H,5,7,10,13H2,1-4H3. The van der Waals surface area contributed by atoms with Gasteiger partial charge in [-0.2, -0.15) is 0 Å². The van der Waals surface area contributed by atoms with E-state index < -0.39 is 0 Å². The van der Waals surface area contributed by atoms with Gasteiger partial charge in [0.15, 0.2) is 0 Å². The Hall–Kier alpha value is -2.29. The number of nitrogens with zero attached hydrogens (tertiary/aromatic N) is 2. The van der Waals surface area contributed by atoms with E-state index in [0.29, 0.717) is 5.96 Å². The monoisotopic (exact) mass is 335 g/mol. The Kier molecular flexibility index (Phi) is 5.12. The molecule has 0 spiro atoms. The van der Waals surface area contributed by atoms with Gasteiger partial charge in [0.1, 0.15) is 0 Å².